The lowest BCUT2D eigenvalue weighted by Crippen LogP contribution is -2.46. The fourth-order valence-electron chi connectivity index (χ4n) is 4.73. The third-order valence-corrected chi connectivity index (χ3v) is 6.34. The van der Waals surface area contributed by atoms with Gasteiger partial charge in [-0.05, 0) is 62.1 Å². The second-order valence-corrected chi connectivity index (χ2v) is 8.20. The van der Waals surface area contributed by atoms with Crippen LogP contribution < -0.4 is 0 Å². The van der Waals surface area contributed by atoms with Gasteiger partial charge in [0.2, 0.25) is 5.91 Å². The van der Waals surface area contributed by atoms with Gasteiger partial charge < -0.3 is 14.4 Å². The van der Waals surface area contributed by atoms with E-state index in [4.69, 9.17) is 9.47 Å². The molecule has 3 aliphatic rings. The van der Waals surface area contributed by atoms with Gasteiger partial charge in [0.1, 0.15) is 12.2 Å². The lowest BCUT2D eigenvalue weighted by molar-refractivity contribution is -0.140. The molecule has 2 saturated heterocycles. The number of fused-ring (bicyclic) bond motifs is 1. The van der Waals surface area contributed by atoms with Crippen LogP contribution in [0.2, 0.25) is 0 Å². The molecular weight excluding hydrogens is 328 g/mol. The number of nitrogens with zero attached hydrogens (tertiary/aromatic N) is 2. The lowest BCUT2D eigenvalue weighted by Gasteiger charge is -2.35. The van der Waals surface area contributed by atoms with E-state index in [1.165, 1.54) is 12.8 Å². The molecule has 0 bridgehead atoms. The summed E-state index contributed by atoms with van der Waals surface area (Å²) < 4.78 is 12.3. The molecule has 0 N–H and O–H groups in total. The van der Waals surface area contributed by atoms with Crippen molar-refractivity contribution in [3.8, 4) is 0 Å². The largest absolute Gasteiger partial charge is 0.373 e. The number of pyridine rings is 1. The van der Waals surface area contributed by atoms with Gasteiger partial charge in [0, 0.05) is 31.5 Å². The molecule has 3 atom stereocenters. The van der Waals surface area contributed by atoms with Crippen molar-refractivity contribution in [2.45, 2.75) is 70.3 Å². The zero-order valence-electron chi connectivity index (χ0n) is 15.7. The summed E-state index contributed by atoms with van der Waals surface area (Å²) in [5.41, 5.74) is 1.11. The molecule has 5 nitrogen and oxygen atoms in total. The van der Waals surface area contributed by atoms with Crippen LogP contribution in [-0.2, 0) is 20.9 Å². The first-order chi connectivity index (χ1) is 12.7. The summed E-state index contributed by atoms with van der Waals surface area (Å²) >= 11 is 0. The first-order valence-electron chi connectivity index (χ1n) is 10.1. The Hall–Kier alpha value is -1.46. The Bertz CT molecular complexity index is 601. The Morgan fingerprint density at radius 3 is 2.77 bits per heavy atom. The zero-order chi connectivity index (χ0) is 17.9. The van der Waals surface area contributed by atoms with Crippen LogP contribution in [0.1, 0.15) is 51.0 Å². The first-order valence-corrected chi connectivity index (χ1v) is 10.1. The third-order valence-electron chi connectivity index (χ3n) is 6.34. The summed E-state index contributed by atoms with van der Waals surface area (Å²) in [6.07, 6.45) is 10.1. The van der Waals surface area contributed by atoms with Crippen LogP contribution in [0.3, 0.4) is 0 Å². The van der Waals surface area contributed by atoms with Gasteiger partial charge in [-0.25, -0.2) is 0 Å². The number of likely N-dealkylation sites (tertiary alicyclic amines) is 1. The predicted molar refractivity (Wildman–Crippen MR) is 98.4 cm³/mol. The van der Waals surface area contributed by atoms with Crippen molar-refractivity contribution in [2.75, 3.05) is 13.2 Å². The van der Waals surface area contributed by atoms with Gasteiger partial charge in [-0.2, -0.15) is 0 Å². The quantitative estimate of drug-likeness (QED) is 0.829. The number of amides is 1. The van der Waals surface area contributed by atoms with E-state index in [2.05, 4.69) is 16.8 Å². The normalized spacial score (nSPS) is 34.5. The molecule has 4 rings (SSSR count). The summed E-state index contributed by atoms with van der Waals surface area (Å²) in [4.78, 5) is 19.3. The molecule has 0 spiro atoms. The average Bonchev–Trinajstić information content (AvgIpc) is 3.06. The monoisotopic (exact) mass is 358 g/mol. The van der Waals surface area contributed by atoms with Crippen LogP contribution in [0.5, 0.6) is 0 Å². The molecule has 2 aliphatic heterocycles. The van der Waals surface area contributed by atoms with E-state index in [1.54, 1.807) is 12.4 Å². The van der Waals surface area contributed by atoms with Crippen LogP contribution in [0.4, 0.5) is 0 Å². The molecule has 0 unspecified atom stereocenters. The Kier molecular flexibility index (Phi) is 5.55. The van der Waals surface area contributed by atoms with Crippen LogP contribution in [-0.4, -0.2) is 47.2 Å². The van der Waals surface area contributed by atoms with Gasteiger partial charge >= 0.3 is 0 Å². The van der Waals surface area contributed by atoms with E-state index in [1.807, 2.05) is 12.1 Å². The molecule has 3 fully saturated rings. The highest BCUT2D eigenvalue weighted by atomic mass is 16.5. The lowest BCUT2D eigenvalue weighted by atomic mass is 9.82. The van der Waals surface area contributed by atoms with Crippen molar-refractivity contribution in [2.24, 2.45) is 11.8 Å². The Morgan fingerprint density at radius 1 is 1.23 bits per heavy atom. The smallest absolute Gasteiger partial charge is 0.226 e. The van der Waals surface area contributed by atoms with Crippen molar-refractivity contribution in [1.82, 2.24) is 9.88 Å². The van der Waals surface area contributed by atoms with Gasteiger partial charge in [-0.15, -0.1) is 0 Å². The van der Waals surface area contributed by atoms with Crippen molar-refractivity contribution in [3.05, 3.63) is 30.1 Å². The van der Waals surface area contributed by atoms with Crippen molar-refractivity contribution >= 4 is 5.91 Å². The number of hydrogen-bond acceptors (Lipinski definition) is 4. The minimum absolute atomic E-state index is 0.0250. The number of carbonyl (C=O) groups is 1. The van der Waals surface area contributed by atoms with Gasteiger partial charge in [0.25, 0.3) is 0 Å². The maximum atomic E-state index is 13.2. The molecular formula is C21H30N2O3. The number of rotatable bonds is 4. The molecule has 1 amide bonds. The van der Waals surface area contributed by atoms with Crippen molar-refractivity contribution in [1.29, 1.82) is 0 Å². The highest BCUT2D eigenvalue weighted by Gasteiger charge is 2.47. The Balaban J connectivity index is 1.41. The van der Waals surface area contributed by atoms with Gasteiger partial charge in [-0.3, -0.25) is 9.78 Å². The van der Waals surface area contributed by atoms with E-state index in [0.29, 0.717) is 19.1 Å². The number of carbonyl (C=O) groups excluding carboxylic acids is 1. The fourth-order valence-corrected chi connectivity index (χ4v) is 4.73. The summed E-state index contributed by atoms with van der Waals surface area (Å²) in [5.74, 6) is 1.31. The molecule has 26 heavy (non-hydrogen) atoms. The summed E-state index contributed by atoms with van der Waals surface area (Å²) in [7, 11) is 0. The fraction of sp³-hybridized carbons (Fsp3) is 0.714. The average molecular weight is 358 g/mol. The van der Waals surface area contributed by atoms with Crippen LogP contribution >= 0.6 is 0 Å². The maximum absolute atomic E-state index is 13.2. The van der Waals surface area contributed by atoms with Crippen LogP contribution in [0.25, 0.3) is 0 Å². The Labute approximate surface area is 156 Å². The number of hydrogen-bond donors (Lipinski definition) is 0. The predicted octanol–water partition coefficient (Wildman–Crippen LogP) is 3.18. The van der Waals surface area contributed by atoms with Crippen molar-refractivity contribution < 1.29 is 14.3 Å². The minimum Gasteiger partial charge on any atom is -0.373 e. The first kappa shape index (κ1) is 17.9. The summed E-state index contributed by atoms with van der Waals surface area (Å²) in [5, 5.41) is 0. The minimum atomic E-state index is -0.0278. The molecule has 0 aromatic carbocycles. The standard InChI is InChI=1S/C21H30N2O3/c1-15-4-6-17(7-5-15)21(24)23-13-19(20-18(23)3-2-12-25-20)26-14-16-8-10-22-11-9-16/h8-11,15,17-20H,2-7,12-14H2,1H3/t15?,17?,18-,19+,20+/m1/s1. The van der Waals surface area contributed by atoms with Gasteiger partial charge in [0.15, 0.2) is 0 Å². The molecule has 142 valence electrons. The van der Waals surface area contributed by atoms with Crippen LogP contribution in [0, 0.1) is 11.8 Å². The molecule has 1 aromatic rings. The number of ether oxygens (including phenoxy) is 2. The second-order valence-electron chi connectivity index (χ2n) is 8.20. The number of aromatic nitrogens is 1. The van der Waals surface area contributed by atoms with E-state index < -0.39 is 0 Å². The molecule has 3 heterocycles. The summed E-state index contributed by atoms with van der Waals surface area (Å²) in [6, 6.07) is 4.14. The van der Waals surface area contributed by atoms with Gasteiger partial charge in [0.05, 0.1) is 12.6 Å². The molecule has 0 radical (unpaired) electrons. The van der Waals surface area contributed by atoms with E-state index in [9.17, 15) is 4.79 Å². The molecule has 1 saturated carbocycles. The molecule has 5 heteroatoms. The highest BCUT2D eigenvalue weighted by Crippen LogP contribution is 2.35. The van der Waals surface area contributed by atoms with E-state index in [0.717, 1.165) is 43.8 Å². The maximum Gasteiger partial charge on any atom is 0.226 e. The SMILES string of the molecule is CC1CCC(C(=O)N2C[C@H](OCc3ccncc3)[C@H]3OCCC[C@H]32)CC1. The van der Waals surface area contributed by atoms with Crippen molar-refractivity contribution in [3.63, 3.8) is 0 Å². The highest BCUT2D eigenvalue weighted by molar-refractivity contribution is 5.79. The van der Waals surface area contributed by atoms with Crippen LogP contribution in [0.15, 0.2) is 24.5 Å². The second kappa shape index (κ2) is 8.05. The van der Waals surface area contributed by atoms with Gasteiger partial charge in [-0.1, -0.05) is 6.92 Å². The summed E-state index contributed by atoms with van der Waals surface area (Å²) in [6.45, 7) is 4.29. The van der Waals surface area contributed by atoms with E-state index in [-0.39, 0.29) is 24.2 Å². The molecule has 1 aliphatic carbocycles. The van der Waals surface area contributed by atoms with E-state index >= 15 is 0 Å². The topological polar surface area (TPSA) is 51.7 Å². The molecule has 1 aromatic heterocycles. The third kappa shape index (κ3) is 3.79. The zero-order valence-corrected chi connectivity index (χ0v) is 15.7. The Morgan fingerprint density at radius 2 is 2.00 bits per heavy atom.